The summed E-state index contributed by atoms with van der Waals surface area (Å²) in [4.78, 5) is 0. The highest BCUT2D eigenvalue weighted by Gasteiger charge is 2.03. The number of rotatable bonds is 4. The molecule has 0 saturated heterocycles. The van der Waals surface area contributed by atoms with Gasteiger partial charge in [-0.2, -0.15) is 0 Å². The number of benzene rings is 6. The molecule has 0 radical (unpaired) electrons. The zero-order valence-electron chi connectivity index (χ0n) is 19.3. The van der Waals surface area contributed by atoms with E-state index in [2.05, 4.69) is 122 Å². The van der Waals surface area contributed by atoms with E-state index >= 15 is 0 Å². The molecule has 162 valence electrons. The van der Waals surface area contributed by atoms with Gasteiger partial charge in [0.25, 0.3) is 0 Å². The SMILES string of the molecule is CCCCCc1cccc2cc3ccccc3cc12.c1ccc2cc3ccccc3cc2c1. The maximum Gasteiger partial charge on any atom is -0.0146 e. The van der Waals surface area contributed by atoms with E-state index in [1.54, 1.807) is 0 Å². The summed E-state index contributed by atoms with van der Waals surface area (Å²) in [5.74, 6) is 0. The average Bonchev–Trinajstić information content (AvgIpc) is 2.87. The fraction of sp³-hybridized carbons (Fsp3) is 0.152. The molecular weight excluding hydrogens is 396 g/mol. The molecule has 0 aliphatic heterocycles. The van der Waals surface area contributed by atoms with E-state index in [1.807, 2.05) is 0 Å². The monoisotopic (exact) mass is 426 g/mol. The Labute approximate surface area is 196 Å². The zero-order chi connectivity index (χ0) is 22.5. The number of hydrogen-bond acceptors (Lipinski definition) is 0. The molecule has 0 saturated carbocycles. The van der Waals surface area contributed by atoms with Gasteiger partial charge in [0, 0.05) is 0 Å². The Hall–Kier alpha value is -3.64. The van der Waals surface area contributed by atoms with Crippen molar-refractivity contribution in [2.45, 2.75) is 32.6 Å². The summed E-state index contributed by atoms with van der Waals surface area (Å²) < 4.78 is 0. The molecular formula is C33H30. The highest BCUT2D eigenvalue weighted by atomic mass is 14.1. The summed E-state index contributed by atoms with van der Waals surface area (Å²) in [7, 11) is 0. The average molecular weight is 427 g/mol. The smallest absolute Gasteiger partial charge is 0.0146 e. The third kappa shape index (κ3) is 4.76. The van der Waals surface area contributed by atoms with Crippen molar-refractivity contribution in [2.75, 3.05) is 0 Å². The molecule has 0 unspecified atom stereocenters. The van der Waals surface area contributed by atoms with Crippen LogP contribution in [0.5, 0.6) is 0 Å². The fourth-order valence-corrected chi connectivity index (χ4v) is 4.70. The second-order valence-corrected chi connectivity index (χ2v) is 8.84. The molecule has 0 spiro atoms. The van der Waals surface area contributed by atoms with Crippen LogP contribution >= 0.6 is 0 Å². The molecule has 6 rings (SSSR count). The standard InChI is InChI=1S/C19H20.C14H10/c1-2-3-4-8-15-11-7-12-18-13-16-9-5-6-10-17(16)14-19(15)18;1-2-6-12-10-14-8-4-3-7-13(14)9-11(12)5-1/h5-7,9-14H,2-4,8H2,1H3;1-10H. The summed E-state index contributed by atoms with van der Waals surface area (Å²) in [5, 5.41) is 10.7. The highest BCUT2D eigenvalue weighted by Crippen LogP contribution is 2.26. The van der Waals surface area contributed by atoms with E-state index in [-0.39, 0.29) is 0 Å². The van der Waals surface area contributed by atoms with Gasteiger partial charge < -0.3 is 0 Å². The Balaban J connectivity index is 0.000000144. The Morgan fingerprint density at radius 2 is 0.848 bits per heavy atom. The molecule has 0 aromatic heterocycles. The second-order valence-electron chi connectivity index (χ2n) is 8.84. The van der Waals surface area contributed by atoms with Crippen molar-refractivity contribution in [3.8, 4) is 0 Å². The lowest BCUT2D eigenvalue weighted by Gasteiger charge is -2.08. The Morgan fingerprint density at radius 3 is 1.33 bits per heavy atom. The lowest BCUT2D eigenvalue weighted by atomic mass is 9.97. The Bertz CT molecular complexity index is 1420. The van der Waals surface area contributed by atoms with Gasteiger partial charge >= 0.3 is 0 Å². The molecule has 6 aromatic carbocycles. The number of aryl methyl sites for hydroxylation is 1. The van der Waals surface area contributed by atoms with Crippen LogP contribution in [0.3, 0.4) is 0 Å². The molecule has 0 heteroatoms. The van der Waals surface area contributed by atoms with Gasteiger partial charge in [-0.1, -0.05) is 111 Å². The number of fused-ring (bicyclic) bond motifs is 4. The Morgan fingerprint density at radius 1 is 0.424 bits per heavy atom. The van der Waals surface area contributed by atoms with Gasteiger partial charge in [0.05, 0.1) is 0 Å². The van der Waals surface area contributed by atoms with Crippen molar-refractivity contribution in [2.24, 2.45) is 0 Å². The molecule has 0 N–H and O–H groups in total. The first-order valence-electron chi connectivity index (χ1n) is 12.1. The summed E-state index contributed by atoms with van der Waals surface area (Å²) in [5.41, 5.74) is 1.50. The summed E-state index contributed by atoms with van der Waals surface area (Å²) >= 11 is 0. The fourth-order valence-electron chi connectivity index (χ4n) is 4.70. The van der Waals surface area contributed by atoms with Crippen LogP contribution in [0.2, 0.25) is 0 Å². The molecule has 0 nitrogen and oxygen atoms in total. The lowest BCUT2D eigenvalue weighted by molar-refractivity contribution is 0.720. The zero-order valence-corrected chi connectivity index (χ0v) is 19.3. The first-order valence-corrected chi connectivity index (χ1v) is 12.1. The second kappa shape index (κ2) is 9.88. The molecule has 0 aliphatic rings. The third-order valence-electron chi connectivity index (χ3n) is 6.50. The molecule has 0 heterocycles. The van der Waals surface area contributed by atoms with Gasteiger partial charge in [-0.3, -0.25) is 0 Å². The van der Waals surface area contributed by atoms with Gasteiger partial charge in [-0.25, -0.2) is 0 Å². The van der Waals surface area contributed by atoms with Crippen molar-refractivity contribution in [3.05, 3.63) is 121 Å². The van der Waals surface area contributed by atoms with Crippen molar-refractivity contribution in [1.82, 2.24) is 0 Å². The van der Waals surface area contributed by atoms with Crippen molar-refractivity contribution in [3.63, 3.8) is 0 Å². The molecule has 6 aromatic rings. The largest absolute Gasteiger partial charge is 0.0654 e. The van der Waals surface area contributed by atoms with Crippen molar-refractivity contribution < 1.29 is 0 Å². The minimum absolute atomic E-state index is 1.20. The van der Waals surface area contributed by atoms with Crippen LogP contribution in [0.4, 0.5) is 0 Å². The summed E-state index contributed by atoms with van der Waals surface area (Å²) in [6, 6.07) is 41.4. The molecule has 0 atom stereocenters. The predicted molar refractivity (Wildman–Crippen MR) is 146 cm³/mol. The normalized spacial score (nSPS) is 11.1. The molecule has 33 heavy (non-hydrogen) atoms. The topological polar surface area (TPSA) is 0 Å². The van der Waals surface area contributed by atoms with Crippen LogP contribution in [0.1, 0.15) is 31.7 Å². The van der Waals surface area contributed by atoms with Crippen LogP contribution in [0.25, 0.3) is 43.1 Å². The predicted octanol–water partition coefficient (Wildman–Crippen LogP) is 9.72. The quantitative estimate of drug-likeness (QED) is 0.194. The van der Waals surface area contributed by atoms with Gasteiger partial charge in [0.1, 0.15) is 0 Å². The van der Waals surface area contributed by atoms with Crippen molar-refractivity contribution >= 4 is 43.1 Å². The summed E-state index contributed by atoms with van der Waals surface area (Å²) in [6.45, 7) is 2.26. The van der Waals surface area contributed by atoms with E-state index in [0.717, 1.165) is 0 Å². The van der Waals surface area contributed by atoms with E-state index in [4.69, 9.17) is 0 Å². The van der Waals surface area contributed by atoms with Crippen LogP contribution in [-0.2, 0) is 6.42 Å². The van der Waals surface area contributed by atoms with Gasteiger partial charge in [-0.15, -0.1) is 0 Å². The Kier molecular flexibility index (Phi) is 6.35. The van der Waals surface area contributed by atoms with Crippen molar-refractivity contribution in [1.29, 1.82) is 0 Å². The van der Waals surface area contributed by atoms with Crippen LogP contribution < -0.4 is 0 Å². The van der Waals surface area contributed by atoms with Crippen LogP contribution in [0, 0.1) is 0 Å². The molecule has 0 fully saturated rings. The maximum absolute atomic E-state index is 2.35. The minimum Gasteiger partial charge on any atom is -0.0654 e. The van der Waals surface area contributed by atoms with E-state index < -0.39 is 0 Å². The van der Waals surface area contributed by atoms with Crippen LogP contribution in [0.15, 0.2) is 115 Å². The first kappa shape index (κ1) is 21.2. The van der Waals surface area contributed by atoms with E-state index in [9.17, 15) is 0 Å². The van der Waals surface area contributed by atoms with Crippen LogP contribution in [-0.4, -0.2) is 0 Å². The highest BCUT2D eigenvalue weighted by molar-refractivity contribution is 6.00. The molecule has 0 bridgehead atoms. The number of hydrogen-bond donors (Lipinski definition) is 0. The van der Waals surface area contributed by atoms with E-state index in [1.165, 1.54) is 74.3 Å². The van der Waals surface area contributed by atoms with Gasteiger partial charge in [0.2, 0.25) is 0 Å². The van der Waals surface area contributed by atoms with Gasteiger partial charge in [0.15, 0.2) is 0 Å². The maximum atomic E-state index is 2.35. The molecule has 0 aliphatic carbocycles. The lowest BCUT2D eigenvalue weighted by Crippen LogP contribution is -1.88. The third-order valence-corrected chi connectivity index (χ3v) is 6.50. The summed E-state index contributed by atoms with van der Waals surface area (Å²) in [6.07, 6.45) is 5.10. The minimum atomic E-state index is 1.20. The molecule has 0 amide bonds. The van der Waals surface area contributed by atoms with Gasteiger partial charge in [-0.05, 0) is 85.8 Å². The first-order chi connectivity index (χ1) is 16.3. The number of unbranched alkanes of at least 4 members (excludes halogenated alkanes) is 2. The van der Waals surface area contributed by atoms with E-state index in [0.29, 0.717) is 0 Å².